The van der Waals surface area contributed by atoms with Crippen molar-refractivity contribution >= 4 is 5.91 Å². The molecule has 0 unspecified atom stereocenters. The Labute approximate surface area is 155 Å². The summed E-state index contributed by atoms with van der Waals surface area (Å²) in [4.78, 5) is 11.9. The fraction of sp³-hybridized carbons (Fsp3) is 0.381. The van der Waals surface area contributed by atoms with Gasteiger partial charge in [0.1, 0.15) is 12.4 Å². The summed E-state index contributed by atoms with van der Waals surface area (Å²) in [5, 5.41) is 2.79. The van der Waals surface area contributed by atoms with E-state index in [0.29, 0.717) is 24.7 Å². The maximum absolute atomic E-state index is 11.9. The first-order valence-corrected chi connectivity index (χ1v) is 8.66. The van der Waals surface area contributed by atoms with E-state index < -0.39 is 0 Å². The Balaban J connectivity index is 1.76. The van der Waals surface area contributed by atoms with Crippen LogP contribution in [-0.4, -0.2) is 32.8 Å². The Bertz CT molecular complexity index is 722. The molecule has 0 saturated heterocycles. The van der Waals surface area contributed by atoms with Crippen LogP contribution in [0.2, 0.25) is 0 Å². The second kappa shape index (κ2) is 9.13. The van der Waals surface area contributed by atoms with Crippen molar-refractivity contribution in [3.63, 3.8) is 0 Å². The zero-order valence-corrected chi connectivity index (χ0v) is 15.9. The lowest BCUT2D eigenvalue weighted by Crippen LogP contribution is -2.32. The fourth-order valence-electron chi connectivity index (χ4n) is 2.50. The van der Waals surface area contributed by atoms with Gasteiger partial charge in [-0.25, -0.2) is 0 Å². The summed E-state index contributed by atoms with van der Waals surface area (Å²) in [7, 11) is 1.56. The summed E-state index contributed by atoms with van der Waals surface area (Å²) in [6, 6.07) is 15.2. The Hall–Kier alpha value is -2.69. The van der Waals surface area contributed by atoms with Crippen molar-refractivity contribution in [2.45, 2.75) is 26.2 Å². The van der Waals surface area contributed by atoms with Crippen molar-refractivity contribution in [1.29, 1.82) is 0 Å². The van der Waals surface area contributed by atoms with Gasteiger partial charge in [-0.3, -0.25) is 4.79 Å². The van der Waals surface area contributed by atoms with Gasteiger partial charge in [0.05, 0.1) is 13.7 Å². The van der Waals surface area contributed by atoms with Crippen molar-refractivity contribution < 1.29 is 19.0 Å². The Morgan fingerprint density at radius 1 is 0.923 bits per heavy atom. The van der Waals surface area contributed by atoms with Crippen molar-refractivity contribution in [2.24, 2.45) is 0 Å². The average Bonchev–Trinajstić information content (AvgIpc) is 2.63. The average molecular weight is 357 g/mol. The van der Waals surface area contributed by atoms with E-state index in [1.807, 2.05) is 30.3 Å². The minimum atomic E-state index is -0.205. The van der Waals surface area contributed by atoms with Gasteiger partial charge in [-0.05, 0) is 29.2 Å². The number of hydrogen-bond acceptors (Lipinski definition) is 4. The number of hydrogen-bond donors (Lipinski definition) is 1. The molecule has 0 aliphatic heterocycles. The molecule has 2 aromatic rings. The first-order chi connectivity index (χ1) is 12.4. The molecule has 0 spiro atoms. The molecule has 0 aliphatic carbocycles. The summed E-state index contributed by atoms with van der Waals surface area (Å²) in [5.74, 6) is 1.78. The third kappa shape index (κ3) is 5.69. The second-order valence-corrected chi connectivity index (χ2v) is 6.88. The maximum atomic E-state index is 11.9. The van der Waals surface area contributed by atoms with Crippen LogP contribution in [0.4, 0.5) is 0 Å². The SMILES string of the molecule is COc1ccccc1OCC(=O)NCCOc1ccccc1C(C)(C)C. The molecule has 0 atom stereocenters. The maximum Gasteiger partial charge on any atom is 0.258 e. The summed E-state index contributed by atoms with van der Waals surface area (Å²) >= 11 is 0. The lowest BCUT2D eigenvalue weighted by molar-refractivity contribution is -0.123. The lowest BCUT2D eigenvalue weighted by atomic mass is 9.86. The molecule has 5 heteroatoms. The first kappa shape index (κ1) is 19.6. The molecule has 26 heavy (non-hydrogen) atoms. The van der Waals surface area contributed by atoms with Crippen LogP contribution in [0.25, 0.3) is 0 Å². The predicted octanol–water partition coefficient (Wildman–Crippen LogP) is 3.57. The number of carbonyl (C=O) groups excluding carboxylic acids is 1. The van der Waals surface area contributed by atoms with Crippen LogP contribution < -0.4 is 19.5 Å². The third-order valence-corrected chi connectivity index (χ3v) is 3.80. The number of amides is 1. The largest absolute Gasteiger partial charge is 0.493 e. The Kier molecular flexibility index (Phi) is 6.89. The summed E-state index contributed by atoms with van der Waals surface area (Å²) in [5.41, 5.74) is 1.15. The minimum Gasteiger partial charge on any atom is -0.493 e. The molecule has 0 bridgehead atoms. The van der Waals surface area contributed by atoms with Gasteiger partial charge in [0.25, 0.3) is 5.91 Å². The molecule has 0 aliphatic rings. The van der Waals surface area contributed by atoms with Crippen LogP contribution in [0.15, 0.2) is 48.5 Å². The molecule has 2 rings (SSSR count). The van der Waals surface area contributed by atoms with Crippen molar-refractivity contribution in [1.82, 2.24) is 5.32 Å². The molecule has 0 aromatic heterocycles. The summed E-state index contributed by atoms with van der Waals surface area (Å²) in [6.07, 6.45) is 0. The third-order valence-electron chi connectivity index (χ3n) is 3.80. The van der Waals surface area contributed by atoms with Gasteiger partial charge in [0, 0.05) is 0 Å². The number of nitrogens with one attached hydrogen (secondary N) is 1. The molecule has 1 N–H and O–H groups in total. The van der Waals surface area contributed by atoms with Gasteiger partial charge in [-0.1, -0.05) is 51.1 Å². The van der Waals surface area contributed by atoms with Crippen molar-refractivity contribution in [3.05, 3.63) is 54.1 Å². The van der Waals surface area contributed by atoms with Crippen molar-refractivity contribution in [2.75, 3.05) is 26.9 Å². The number of benzene rings is 2. The van der Waals surface area contributed by atoms with Crippen LogP contribution >= 0.6 is 0 Å². The highest BCUT2D eigenvalue weighted by atomic mass is 16.5. The summed E-state index contributed by atoms with van der Waals surface area (Å²) < 4.78 is 16.5. The highest BCUT2D eigenvalue weighted by Gasteiger charge is 2.18. The van der Waals surface area contributed by atoms with Gasteiger partial charge < -0.3 is 19.5 Å². The molecular weight excluding hydrogens is 330 g/mol. The van der Waals surface area contributed by atoms with E-state index in [1.54, 1.807) is 19.2 Å². The highest BCUT2D eigenvalue weighted by Crippen LogP contribution is 2.30. The van der Waals surface area contributed by atoms with E-state index in [4.69, 9.17) is 14.2 Å². The van der Waals surface area contributed by atoms with Crippen LogP contribution in [0, 0.1) is 0 Å². The molecule has 0 saturated carbocycles. The molecule has 140 valence electrons. The summed E-state index contributed by atoms with van der Waals surface area (Å²) in [6.45, 7) is 7.17. The zero-order chi connectivity index (χ0) is 19.0. The van der Waals surface area contributed by atoms with Crippen LogP contribution in [0.5, 0.6) is 17.2 Å². The zero-order valence-electron chi connectivity index (χ0n) is 15.9. The smallest absolute Gasteiger partial charge is 0.258 e. The number of methoxy groups -OCH3 is 1. The molecule has 1 amide bonds. The van der Waals surface area contributed by atoms with Crippen LogP contribution in [0.1, 0.15) is 26.3 Å². The molecular formula is C21H27NO4. The minimum absolute atomic E-state index is 0.00240. The monoisotopic (exact) mass is 357 g/mol. The van der Waals surface area contributed by atoms with Gasteiger partial charge >= 0.3 is 0 Å². The topological polar surface area (TPSA) is 56.8 Å². The van der Waals surface area contributed by atoms with Gasteiger partial charge in [-0.15, -0.1) is 0 Å². The molecule has 2 aromatic carbocycles. The van der Waals surface area contributed by atoms with E-state index in [2.05, 4.69) is 32.2 Å². The van der Waals surface area contributed by atoms with Crippen LogP contribution in [-0.2, 0) is 10.2 Å². The fourth-order valence-corrected chi connectivity index (χ4v) is 2.50. The van der Waals surface area contributed by atoms with Crippen LogP contribution in [0.3, 0.4) is 0 Å². The number of ether oxygens (including phenoxy) is 3. The molecule has 5 nitrogen and oxygen atoms in total. The van der Waals surface area contributed by atoms with E-state index in [-0.39, 0.29) is 17.9 Å². The first-order valence-electron chi connectivity index (χ1n) is 8.66. The molecule has 0 radical (unpaired) electrons. The van der Waals surface area contributed by atoms with E-state index in [9.17, 15) is 4.79 Å². The van der Waals surface area contributed by atoms with Crippen molar-refractivity contribution in [3.8, 4) is 17.2 Å². The number of rotatable bonds is 8. The van der Waals surface area contributed by atoms with E-state index in [1.165, 1.54) is 0 Å². The normalized spacial score (nSPS) is 10.9. The quantitative estimate of drug-likeness (QED) is 0.734. The second-order valence-electron chi connectivity index (χ2n) is 6.88. The number of para-hydroxylation sites is 3. The van der Waals surface area contributed by atoms with Gasteiger partial charge in [-0.2, -0.15) is 0 Å². The standard InChI is InChI=1S/C21H27NO4/c1-21(2,3)16-9-5-6-10-17(16)25-14-13-22-20(23)15-26-19-12-8-7-11-18(19)24-4/h5-12H,13-15H2,1-4H3,(H,22,23). The molecule has 0 fully saturated rings. The van der Waals surface area contributed by atoms with Gasteiger partial charge in [0.2, 0.25) is 0 Å². The van der Waals surface area contributed by atoms with E-state index in [0.717, 1.165) is 11.3 Å². The lowest BCUT2D eigenvalue weighted by Gasteiger charge is -2.22. The van der Waals surface area contributed by atoms with E-state index >= 15 is 0 Å². The highest BCUT2D eigenvalue weighted by molar-refractivity contribution is 5.77. The molecule has 0 heterocycles. The Morgan fingerprint density at radius 3 is 2.19 bits per heavy atom. The van der Waals surface area contributed by atoms with Gasteiger partial charge in [0.15, 0.2) is 18.1 Å². The Morgan fingerprint density at radius 2 is 1.54 bits per heavy atom. The predicted molar refractivity (Wildman–Crippen MR) is 102 cm³/mol. The number of carbonyl (C=O) groups is 1.